The van der Waals surface area contributed by atoms with Crippen molar-refractivity contribution in [3.63, 3.8) is 0 Å². The van der Waals surface area contributed by atoms with Gasteiger partial charge in [-0.05, 0) is 45.1 Å². The maximum Gasteiger partial charge on any atom is 0.338 e. The third-order valence-corrected chi connectivity index (χ3v) is 4.97. The predicted molar refractivity (Wildman–Crippen MR) is 110 cm³/mol. The van der Waals surface area contributed by atoms with E-state index in [1.54, 1.807) is 13.8 Å². The normalized spacial score (nSPS) is 12.0. The number of ether oxygens (including phenoxy) is 1. The quantitative estimate of drug-likeness (QED) is 0.537. The van der Waals surface area contributed by atoms with Crippen LogP contribution in [-0.4, -0.2) is 37.7 Å². The molecule has 0 unspecified atom stereocenters. The van der Waals surface area contributed by atoms with Crippen LogP contribution in [0, 0.1) is 10.6 Å². The minimum absolute atomic E-state index is 0.0638. The summed E-state index contributed by atoms with van der Waals surface area (Å²) in [6.45, 7) is 4.72. The van der Waals surface area contributed by atoms with E-state index >= 15 is 0 Å². The van der Waals surface area contributed by atoms with Crippen molar-refractivity contribution in [1.82, 2.24) is 19.0 Å². The van der Waals surface area contributed by atoms with Gasteiger partial charge in [-0.25, -0.2) is 23.3 Å². The fraction of sp³-hybridized carbons (Fsp3) is 0.389. The summed E-state index contributed by atoms with van der Waals surface area (Å²) in [7, 11) is 2.65. The molecule has 9 nitrogen and oxygen atoms in total. The molecular formula is C18H20ClFN4O5S. The standard InChI is InChI=1S/C18H20ClFN4O5S/c1-8(2)29-15(26)9(3)21-14(25)10-6-13(12(20)7-11(10)19)24-16(27)22(4)18(30)23(5)17(24)28/h6-9H,1-5H3,(H,21,25)/t9-/m0/s1. The summed E-state index contributed by atoms with van der Waals surface area (Å²) < 4.78 is 22.0. The number of hydrogen-bond acceptors (Lipinski definition) is 6. The van der Waals surface area contributed by atoms with Crippen LogP contribution in [0.1, 0.15) is 31.1 Å². The first kappa shape index (κ1) is 23.5. The number of halogens is 2. The van der Waals surface area contributed by atoms with Crippen LogP contribution in [0.15, 0.2) is 21.7 Å². The van der Waals surface area contributed by atoms with Gasteiger partial charge in [-0.1, -0.05) is 11.6 Å². The summed E-state index contributed by atoms with van der Waals surface area (Å²) in [5, 5.41) is 2.12. The van der Waals surface area contributed by atoms with Crippen molar-refractivity contribution in [3.05, 3.63) is 54.3 Å². The minimum Gasteiger partial charge on any atom is -0.461 e. The lowest BCUT2D eigenvalue weighted by Crippen LogP contribution is -2.44. The summed E-state index contributed by atoms with van der Waals surface area (Å²) in [6, 6.07) is 0.743. The highest BCUT2D eigenvalue weighted by molar-refractivity contribution is 7.71. The summed E-state index contributed by atoms with van der Waals surface area (Å²) in [6.07, 6.45) is -0.381. The zero-order valence-electron chi connectivity index (χ0n) is 16.9. The Morgan fingerprint density at radius 1 is 1.13 bits per heavy atom. The molecule has 1 atom stereocenters. The molecule has 1 aromatic carbocycles. The SMILES string of the molecule is CC(C)OC(=O)[C@H](C)NC(=O)c1cc(-n2c(=O)n(C)c(=S)n(C)c2=O)c(F)cc1Cl. The van der Waals surface area contributed by atoms with E-state index in [0.717, 1.165) is 21.3 Å². The molecule has 0 saturated carbocycles. The van der Waals surface area contributed by atoms with Crippen LogP contribution in [0.25, 0.3) is 5.69 Å². The van der Waals surface area contributed by atoms with Crippen molar-refractivity contribution in [3.8, 4) is 5.69 Å². The van der Waals surface area contributed by atoms with E-state index in [1.165, 1.54) is 21.0 Å². The largest absolute Gasteiger partial charge is 0.461 e. The average molecular weight is 459 g/mol. The number of benzene rings is 1. The molecule has 2 rings (SSSR count). The van der Waals surface area contributed by atoms with E-state index in [2.05, 4.69) is 5.32 Å². The van der Waals surface area contributed by atoms with E-state index < -0.39 is 40.8 Å². The van der Waals surface area contributed by atoms with E-state index in [1.807, 2.05) is 0 Å². The first-order valence-corrected chi connectivity index (χ1v) is 9.55. The Morgan fingerprint density at radius 2 is 1.67 bits per heavy atom. The number of hydrogen-bond donors (Lipinski definition) is 1. The number of aromatic nitrogens is 3. The lowest BCUT2D eigenvalue weighted by molar-refractivity contribution is -0.149. The summed E-state index contributed by atoms with van der Waals surface area (Å²) in [4.78, 5) is 49.6. The third kappa shape index (κ3) is 4.51. The van der Waals surface area contributed by atoms with Gasteiger partial charge in [0.2, 0.25) is 0 Å². The van der Waals surface area contributed by atoms with Gasteiger partial charge in [-0.3, -0.25) is 13.9 Å². The van der Waals surface area contributed by atoms with Crippen molar-refractivity contribution in [2.24, 2.45) is 14.1 Å². The molecule has 0 radical (unpaired) electrons. The molecule has 0 fully saturated rings. The maximum absolute atomic E-state index is 14.6. The second-order valence-corrected chi connectivity index (χ2v) is 7.54. The molecule has 162 valence electrons. The molecule has 0 spiro atoms. The van der Waals surface area contributed by atoms with E-state index in [9.17, 15) is 23.6 Å². The van der Waals surface area contributed by atoms with Crippen LogP contribution >= 0.6 is 23.8 Å². The topological polar surface area (TPSA) is 104 Å². The second kappa shape index (κ2) is 8.92. The van der Waals surface area contributed by atoms with Crippen LogP contribution in [0.5, 0.6) is 0 Å². The zero-order valence-corrected chi connectivity index (χ0v) is 18.4. The van der Waals surface area contributed by atoms with E-state index in [-0.39, 0.29) is 21.5 Å². The Hall–Kier alpha value is -2.79. The molecule has 0 aliphatic heterocycles. The highest BCUT2D eigenvalue weighted by Crippen LogP contribution is 2.22. The Balaban J connectivity index is 2.57. The molecule has 2 aromatic rings. The summed E-state index contributed by atoms with van der Waals surface area (Å²) in [5.41, 5.74) is -2.52. The van der Waals surface area contributed by atoms with Gasteiger partial charge in [0.15, 0.2) is 4.77 Å². The first-order chi connectivity index (χ1) is 13.9. The second-order valence-electron chi connectivity index (χ2n) is 6.77. The van der Waals surface area contributed by atoms with Crippen molar-refractivity contribution in [1.29, 1.82) is 0 Å². The van der Waals surface area contributed by atoms with Gasteiger partial charge in [-0.15, -0.1) is 0 Å². The van der Waals surface area contributed by atoms with Gasteiger partial charge in [0.05, 0.1) is 22.4 Å². The van der Waals surface area contributed by atoms with Gasteiger partial charge in [0.25, 0.3) is 5.91 Å². The smallest absolute Gasteiger partial charge is 0.338 e. The van der Waals surface area contributed by atoms with Gasteiger partial charge in [-0.2, -0.15) is 0 Å². The Kier molecular flexibility index (Phi) is 6.99. The number of nitrogens with zero attached hydrogens (tertiary/aromatic N) is 3. The van der Waals surface area contributed by atoms with Crippen molar-refractivity contribution in [2.75, 3.05) is 0 Å². The first-order valence-electron chi connectivity index (χ1n) is 8.76. The molecule has 30 heavy (non-hydrogen) atoms. The van der Waals surface area contributed by atoms with Crippen LogP contribution in [-0.2, 0) is 23.6 Å². The van der Waals surface area contributed by atoms with E-state index in [4.69, 9.17) is 28.6 Å². The Bertz CT molecular complexity index is 1160. The van der Waals surface area contributed by atoms with Gasteiger partial charge in [0.1, 0.15) is 11.9 Å². The van der Waals surface area contributed by atoms with Crippen LogP contribution in [0.3, 0.4) is 0 Å². The molecule has 12 heteroatoms. The molecule has 0 bridgehead atoms. The van der Waals surface area contributed by atoms with Crippen molar-refractivity contribution < 1.29 is 18.7 Å². The minimum atomic E-state index is -1.02. The molecule has 1 aromatic heterocycles. The highest BCUT2D eigenvalue weighted by Gasteiger charge is 2.23. The fourth-order valence-electron chi connectivity index (χ4n) is 2.53. The van der Waals surface area contributed by atoms with Gasteiger partial charge < -0.3 is 10.1 Å². The molecule has 1 amide bonds. The molecule has 1 heterocycles. The fourth-order valence-corrected chi connectivity index (χ4v) is 2.92. The molecule has 1 N–H and O–H groups in total. The van der Waals surface area contributed by atoms with Crippen molar-refractivity contribution in [2.45, 2.75) is 32.9 Å². The molecule has 0 aliphatic carbocycles. The lowest BCUT2D eigenvalue weighted by Gasteiger charge is -2.17. The van der Waals surface area contributed by atoms with Crippen LogP contribution in [0.4, 0.5) is 4.39 Å². The summed E-state index contributed by atoms with van der Waals surface area (Å²) >= 11 is 11.0. The highest BCUT2D eigenvalue weighted by atomic mass is 35.5. The van der Waals surface area contributed by atoms with Crippen LogP contribution in [0.2, 0.25) is 5.02 Å². The Morgan fingerprint density at radius 3 is 2.17 bits per heavy atom. The molecule has 0 aliphatic rings. The lowest BCUT2D eigenvalue weighted by atomic mass is 10.1. The monoisotopic (exact) mass is 458 g/mol. The number of amides is 1. The van der Waals surface area contributed by atoms with Gasteiger partial charge in [0, 0.05) is 14.1 Å². The molecule has 0 saturated heterocycles. The van der Waals surface area contributed by atoms with Crippen LogP contribution < -0.4 is 16.7 Å². The van der Waals surface area contributed by atoms with Gasteiger partial charge >= 0.3 is 17.3 Å². The van der Waals surface area contributed by atoms with E-state index in [0.29, 0.717) is 4.57 Å². The number of rotatable bonds is 5. The molecular weight excluding hydrogens is 439 g/mol. The Labute approximate surface area is 180 Å². The predicted octanol–water partition coefficient (Wildman–Crippen LogP) is 1.47. The average Bonchev–Trinajstić information content (AvgIpc) is 2.65. The van der Waals surface area contributed by atoms with Crippen molar-refractivity contribution >= 4 is 35.7 Å². The zero-order chi connectivity index (χ0) is 22.9. The maximum atomic E-state index is 14.6. The number of esters is 1. The number of carbonyl (C=O) groups is 2. The third-order valence-electron chi connectivity index (χ3n) is 4.11. The number of nitrogens with one attached hydrogen (secondary N) is 1. The summed E-state index contributed by atoms with van der Waals surface area (Å²) in [5.74, 6) is -2.49. The number of carbonyl (C=O) groups excluding carboxylic acids is 2.